The molecule has 2 heteroatoms. The summed E-state index contributed by atoms with van der Waals surface area (Å²) in [6.07, 6.45) is 10.5. The molecule has 16 heavy (non-hydrogen) atoms. The van der Waals surface area contributed by atoms with Crippen molar-refractivity contribution >= 4 is 0 Å². The second kappa shape index (κ2) is 6.61. The van der Waals surface area contributed by atoms with E-state index in [1.165, 1.54) is 38.5 Å². The third-order valence-electron chi connectivity index (χ3n) is 4.03. The number of ether oxygens (including phenoxy) is 1. The maximum atomic E-state index is 6.21. The Morgan fingerprint density at radius 1 is 1.25 bits per heavy atom. The highest BCUT2D eigenvalue weighted by Crippen LogP contribution is 2.28. The lowest BCUT2D eigenvalue weighted by Crippen LogP contribution is -2.30. The van der Waals surface area contributed by atoms with E-state index in [-0.39, 0.29) is 5.60 Å². The minimum absolute atomic E-state index is 0.00974. The summed E-state index contributed by atoms with van der Waals surface area (Å²) >= 11 is 0. The lowest BCUT2D eigenvalue weighted by atomic mass is 9.83. The van der Waals surface area contributed by atoms with Gasteiger partial charge in [0.05, 0.1) is 5.60 Å². The molecule has 1 saturated carbocycles. The second-order valence-corrected chi connectivity index (χ2v) is 6.00. The van der Waals surface area contributed by atoms with Crippen LogP contribution < -0.4 is 5.73 Å². The Morgan fingerprint density at radius 3 is 2.44 bits per heavy atom. The van der Waals surface area contributed by atoms with Crippen molar-refractivity contribution < 1.29 is 4.74 Å². The maximum Gasteiger partial charge on any atom is 0.0623 e. The van der Waals surface area contributed by atoms with E-state index in [4.69, 9.17) is 10.5 Å². The number of methoxy groups -OCH3 is 1. The Labute approximate surface area is 101 Å². The van der Waals surface area contributed by atoms with Crippen LogP contribution in [-0.4, -0.2) is 18.8 Å². The highest BCUT2D eigenvalue weighted by molar-refractivity contribution is 4.76. The maximum absolute atomic E-state index is 6.21. The van der Waals surface area contributed by atoms with Crippen LogP contribution >= 0.6 is 0 Å². The molecule has 0 amide bonds. The summed E-state index contributed by atoms with van der Waals surface area (Å²) < 4.78 is 5.42. The molecule has 0 aromatic rings. The second-order valence-electron chi connectivity index (χ2n) is 6.00. The molecule has 1 rings (SSSR count). The minimum Gasteiger partial charge on any atom is -0.379 e. The van der Waals surface area contributed by atoms with Crippen LogP contribution in [0.1, 0.15) is 65.2 Å². The van der Waals surface area contributed by atoms with Gasteiger partial charge in [-0.3, -0.25) is 0 Å². The van der Waals surface area contributed by atoms with Gasteiger partial charge in [-0.25, -0.2) is 0 Å². The van der Waals surface area contributed by atoms with Crippen LogP contribution in [0, 0.1) is 5.92 Å². The Morgan fingerprint density at radius 2 is 1.88 bits per heavy atom. The topological polar surface area (TPSA) is 35.2 Å². The van der Waals surface area contributed by atoms with E-state index in [0.717, 1.165) is 18.8 Å². The molecule has 1 unspecified atom stereocenters. The first kappa shape index (κ1) is 14.0. The average molecular weight is 227 g/mol. The van der Waals surface area contributed by atoms with Crippen LogP contribution in [-0.2, 0) is 4.74 Å². The molecule has 0 aliphatic heterocycles. The van der Waals surface area contributed by atoms with E-state index in [0.29, 0.717) is 6.04 Å². The Hall–Kier alpha value is -0.0800. The molecule has 0 bridgehead atoms. The summed E-state index contributed by atoms with van der Waals surface area (Å²) in [5.41, 5.74) is 6.20. The molecule has 96 valence electrons. The van der Waals surface area contributed by atoms with Gasteiger partial charge in [0.25, 0.3) is 0 Å². The number of hydrogen-bond donors (Lipinski definition) is 1. The zero-order valence-electron chi connectivity index (χ0n) is 11.3. The van der Waals surface area contributed by atoms with E-state index in [2.05, 4.69) is 13.8 Å². The van der Waals surface area contributed by atoms with Gasteiger partial charge in [-0.05, 0) is 39.0 Å². The van der Waals surface area contributed by atoms with Gasteiger partial charge in [-0.1, -0.05) is 32.1 Å². The van der Waals surface area contributed by atoms with Crippen molar-refractivity contribution in [1.29, 1.82) is 0 Å². The number of nitrogens with two attached hydrogens (primary N) is 1. The molecule has 0 saturated heterocycles. The fourth-order valence-corrected chi connectivity index (χ4v) is 2.60. The molecule has 0 aromatic carbocycles. The third kappa shape index (κ3) is 5.31. The van der Waals surface area contributed by atoms with E-state index in [1.807, 2.05) is 0 Å². The summed E-state index contributed by atoms with van der Waals surface area (Å²) in [5, 5.41) is 0. The van der Waals surface area contributed by atoms with Crippen molar-refractivity contribution in [2.75, 3.05) is 7.11 Å². The molecule has 0 aromatic heterocycles. The van der Waals surface area contributed by atoms with Gasteiger partial charge >= 0.3 is 0 Å². The fourth-order valence-electron chi connectivity index (χ4n) is 2.60. The molecule has 0 spiro atoms. The van der Waals surface area contributed by atoms with Crippen LogP contribution in [0.2, 0.25) is 0 Å². The predicted octanol–water partition coefficient (Wildman–Crippen LogP) is 3.49. The SMILES string of the molecule is COC(C)(C)CCC(N)CC1CCCCC1. The van der Waals surface area contributed by atoms with Gasteiger partial charge in [0.15, 0.2) is 0 Å². The van der Waals surface area contributed by atoms with E-state index in [9.17, 15) is 0 Å². The van der Waals surface area contributed by atoms with E-state index in [1.54, 1.807) is 7.11 Å². The molecule has 2 N–H and O–H groups in total. The van der Waals surface area contributed by atoms with Gasteiger partial charge in [0.2, 0.25) is 0 Å². The Balaban J connectivity index is 2.17. The lowest BCUT2D eigenvalue weighted by Gasteiger charge is -2.27. The molecular formula is C14H29NO. The van der Waals surface area contributed by atoms with E-state index < -0.39 is 0 Å². The first-order valence-electron chi connectivity index (χ1n) is 6.84. The van der Waals surface area contributed by atoms with Crippen LogP contribution in [0.25, 0.3) is 0 Å². The monoisotopic (exact) mass is 227 g/mol. The number of rotatable bonds is 6. The average Bonchev–Trinajstić information content (AvgIpc) is 2.28. The predicted molar refractivity (Wildman–Crippen MR) is 69.5 cm³/mol. The molecular weight excluding hydrogens is 198 g/mol. The molecule has 1 fully saturated rings. The van der Waals surface area contributed by atoms with Crippen LogP contribution in [0.15, 0.2) is 0 Å². The third-order valence-corrected chi connectivity index (χ3v) is 4.03. The highest BCUT2D eigenvalue weighted by Gasteiger charge is 2.20. The first-order valence-corrected chi connectivity index (χ1v) is 6.84. The highest BCUT2D eigenvalue weighted by atomic mass is 16.5. The standard InChI is InChI=1S/C14H29NO/c1-14(2,16-3)10-9-13(15)11-12-7-5-4-6-8-12/h12-13H,4-11,15H2,1-3H3. The largest absolute Gasteiger partial charge is 0.379 e. The van der Waals surface area contributed by atoms with Gasteiger partial charge in [0, 0.05) is 13.2 Å². The summed E-state index contributed by atoms with van der Waals surface area (Å²) in [4.78, 5) is 0. The smallest absolute Gasteiger partial charge is 0.0623 e. The molecule has 1 aliphatic rings. The quantitative estimate of drug-likeness (QED) is 0.754. The summed E-state index contributed by atoms with van der Waals surface area (Å²) in [7, 11) is 1.78. The van der Waals surface area contributed by atoms with E-state index >= 15 is 0 Å². The van der Waals surface area contributed by atoms with Crippen molar-refractivity contribution in [3.63, 3.8) is 0 Å². The van der Waals surface area contributed by atoms with Crippen molar-refractivity contribution in [2.24, 2.45) is 11.7 Å². The minimum atomic E-state index is -0.00974. The molecule has 0 heterocycles. The van der Waals surface area contributed by atoms with Gasteiger partial charge in [-0.2, -0.15) is 0 Å². The first-order chi connectivity index (χ1) is 7.53. The zero-order chi connectivity index (χ0) is 12.0. The fraction of sp³-hybridized carbons (Fsp3) is 1.00. The van der Waals surface area contributed by atoms with Crippen LogP contribution in [0.3, 0.4) is 0 Å². The lowest BCUT2D eigenvalue weighted by molar-refractivity contribution is 0.0119. The van der Waals surface area contributed by atoms with Crippen molar-refractivity contribution in [3.8, 4) is 0 Å². The Bertz CT molecular complexity index is 185. The summed E-state index contributed by atoms with van der Waals surface area (Å²) in [5.74, 6) is 0.898. The molecule has 2 nitrogen and oxygen atoms in total. The summed E-state index contributed by atoms with van der Waals surface area (Å²) in [6.45, 7) is 4.28. The van der Waals surface area contributed by atoms with Gasteiger partial charge in [0.1, 0.15) is 0 Å². The summed E-state index contributed by atoms with van der Waals surface area (Å²) in [6, 6.07) is 0.373. The number of hydrogen-bond acceptors (Lipinski definition) is 2. The zero-order valence-corrected chi connectivity index (χ0v) is 11.3. The van der Waals surface area contributed by atoms with Crippen LogP contribution in [0.5, 0.6) is 0 Å². The Kier molecular flexibility index (Phi) is 5.77. The molecule has 0 radical (unpaired) electrons. The molecule has 1 aliphatic carbocycles. The van der Waals surface area contributed by atoms with Crippen LogP contribution in [0.4, 0.5) is 0 Å². The van der Waals surface area contributed by atoms with Crippen molar-refractivity contribution in [3.05, 3.63) is 0 Å². The van der Waals surface area contributed by atoms with Gasteiger partial charge in [-0.15, -0.1) is 0 Å². The van der Waals surface area contributed by atoms with Crippen molar-refractivity contribution in [1.82, 2.24) is 0 Å². The van der Waals surface area contributed by atoms with Gasteiger partial charge < -0.3 is 10.5 Å². The molecule has 1 atom stereocenters. The normalized spacial score (nSPS) is 21.0. The van der Waals surface area contributed by atoms with Crippen molar-refractivity contribution in [2.45, 2.75) is 76.9 Å².